The topological polar surface area (TPSA) is 150 Å². The van der Waals surface area contributed by atoms with E-state index in [1.807, 2.05) is 0 Å². The van der Waals surface area contributed by atoms with Crippen LogP contribution in [0.15, 0.2) is 121 Å². The monoisotopic (exact) mass is 653 g/mol. The van der Waals surface area contributed by atoms with Crippen molar-refractivity contribution in [3.05, 3.63) is 144 Å². The molecule has 6 atom stereocenters. The zero-order valence-electron chi connectivity index (χ0n) is 26.1. The molecule has 248 valence electrons. The molecule has 48 heavy (non-hydrogen) atoms. The summed E-state index contributed by atoms with van der Waals surface area (Å²) >= 11 is 0. The van der Waals surface area contributed by atoms with E-state index in [0.717, 1.165) is 0 Å². The minimum absolute atomic E-state index is 0.181. The van der Waals surface area contributed by atoms with Gasteiger partial charge in [0.2, 0.25) is 6.29 Å². The van der Waals surface area contributed by atoms with Gasteiger partial charge in [-0.1, -0.05) is 79.7 Å². The summed E-state index contributed by atoms with van der Waals surface area (Å²) < 4.78 is 35.7. The van der Waals surface area contributed by atoms with Gasteiger partial charge >= 0.3 is 23.9 Å². The fraction of sp³-hybridized carbons (Fsp3) is 0.243. The second-order valence-electron chi connectivity index (χ2n) is 10.8. The highest BCUT2D eigenvalue weighted by Gasteiger charge is 2.54. The molecule has 11 nitrogen and oxygen atoms in total. The van der Waals surface area contributed by atoms with Gasteiger partial charge in [-0.15, -0.1) is 0 Å². The molecule has 0 radical (unpaired) electrons. The van der Waals surface area contributed by atoms with Gasteiger partial charge in [0.1, 0.15) is 18.9 Å². The smallest absolute Gasteiger partial charge is 0.338 e. The summed E-state index contributed by atoms with van der Waals surface area (Å²) in [7, 11) is 0. The molecule has 1 aliphatic heterocycles. The van der Waals surface area contributed by atoms with Crippen LogP contribution in [0, 0.1) is 0 Å². The molecular weight excluding hydrogens is 618 g/mol. The van der Waals surface area contributed by atoms with Gasteiger partial charge in [0.05, 0.1) is 22.3 Å². The van der Waals surface area contributed by atoms with E-state index >= 15 is 0 Å². The number of carbonyl (C=O) groups excluding carboxylic acids is 4. The average Bonchev–Trinajstić information content (AvgIpc) is 3.14. The third-order valence-corrected chi connectivity index (χ3v) is 7.45. The van der Waals surface area contributed by atoms with Gasteiger partial charge in [-0.25, -0.2) is 19.2 Å². The molecule has 1 unspecified atom stereocenters. The predicted molar refractivity (Wildman–Crippen MR) is 172 cm³/mol. The van der Waals surface area contributed by atoms with E-state index in [9.17, 15) is 19.2 Å². The number of benzene rings is 4. The summed E-state index contributed by atoms with van der Waals surface area (Å²) in [5.41, 5.74) is 7.00. The Labute approximate surface area is 277 Å². The number of hydrogen-bond acceptors (Lipinski definition) is 11. The van der Waals surface area contributed by atoms with Crippen LogP contribution in [0.4, 0.5) is 0 Å². The van der Waals surface area contributed by atoms with Crippen LogP contribution in [0.25, 0.3) is 0 Å². The summed E-state index contributed by atoms with van der Waals surface area (Å²) in [6, 6.07) is 32.6. The van der Waals surface area contributed by atoms with E-state index in [4.69, 9.17) is 34.2 Å². The third kappa shape index (κ3) is 8.71. The van der Waals surface area contributed by atoms with E-state index in [-0.39, 0.29) is 22.3 Å². The predicted octanol–water partition coefficient (Wildman–Crippen LogP) is 4.96. The number of carbonyl (C=O) groups is 4. The number of rotatable bonds is 12. The van der Waals surface area contributed by atoms with Crippen LogP contribution in [0.5, 0.6) is 0 Å². The van der Waals surface area contributed by atoms with E-state index in [1.54, 1.807) is 116 Å². The van der Waals surface area contributed by atoms with E-state index in [0.29, 0.717) is 6.42 Å². The quantitative estimate of drug-likeness (QED) is 0.126. The molecule has 0 bridgehead atoms. The standard InChI is InChI=1S/C37H35NO10/c1-2-29(38)45-37-32(48-36(42)27-21-13-6-14-22-27)31(47-35(41)26-19-11-5-12-20-26)30(46-34(40)25-17-9-4-10-18-25)28(44-37)23-43-33(39)24-15-7-3-8-16-24/h3-22,28-32,37H,2,23,38H2,1H3/t28-,29?,30-,31+,32-,37+/m1/s1. The van der Waals surface area contributed by atoms with Crippen LogP contribution in [0.2, 0.25) is 0 Å². The summed E-state index contributed by atoms with van der Waals surface area (Å²) in [5.74, 6) is -3.05. The molecule has 1 fully saturated rings. The van der Waals surface area contributed by atoms with Crippen molar-refractivity contribution in [2.24, 2.45) is 5.73 Å². The lowest BCUT2D eigenvalue weighted by Crippen LogP contribution is -2.63. The van der Waals surface area contributed by atoms with Gasteiger partial charge in [0.15, 0.2) is 18.3 Å². The Kier molecular flexibility index (Phi) is 11.7. The molecule has 0 amide bonds. The van der Waals surface area contributed by atoms with Crippen LogP contribution in [0.1, 0.15) is 54.8 Å². The minimum Gasteiger partial charge on any atom is -0.459 e. The second-order valence-corrected chi connectivity index (χ2v) is 10.8. The molecule has 5 rings (SSSR count). The minimum atomic E-state index is -1.51. The van der Waals surface area contributed by atoms with Crippen LogP contribution in [-0.2, 0) is 28.4 Å². The van der Waals surface area contributed by atoms with Gasteiger partial charge in [-0.05, 0) is 55.0 Å². The van der Waals surface area contributed by atoms with Crippen molar-refractivity contribution in [1.29, 1.82) is 0 Å². The largest absolute Gasteiger partial charge is 0.459 e. The summed E-state index contributed by atoms with van der Waals surface area (Å²) in [4.78, 5) is 53.5. The van der Waals surface area contributed by atoms with Gasteiger partial charge < -0.3 is 34.2 Å². The normalized spacial score (nSPS) is 20.9. The van der Waals surface area contributed by atoms with E-state index in [2.05, 4.69) is 0 Å². The fourth-order valence-corrected chi connectivity index (χ4v) is 4.91. The summed E-state index contributed by atoms with van der Waals surface area (Å²) in [6.45, 7) is 1.31. The first-order chi connectivity index (χ1) is 23.3. The highest BCUT2D eigenvalue weighted by atomic mass is 16.7. The van der Waals surface area contributed by atoms with Crippen molar-refractivity contribution >= 4 is 23.9 Å². The van der Waals surface area contributed by atoms with Crippen molar-refractivity contribution in [3.8, 4) is 0 Å². The van der Waals surface area contributed by atoms with Crippen LogP contribution in [-0.4, -0.2) is 67.4 Å². The van der Waals surface area contributed by atoms with Crippen LogP contribution in [0.3, 0.4) is 0 Å². The van der Waals surface area contributed by atoms with Crippen molar-refractivity contribution < 1.29 is 47.6 Å². The zero-order chi connectivity index (χ0) is 33.9. The lowest BCUT2D eigenvalue weighted by molar-refractivity contribution is -0.308. The molecule has 4 aromatic carbocycles. The maximum absolute atomic E-state index is 13.6. The number of hydrogen-bond donors (Lipinski definition) is 1. The molecule has 0 spiro atoms. The Hall–Kier alpha value is -5.36. The third-order valence-electron chi connectivity index (χ3n) is 7.45. The summed E-state index contributed by atoms with van der Waals surface area (Å²) in [5, 5.41) is 0. The van der Waals surface area contributed by atoms with Gasteiger partial charge in [0, 0.05) is 0 Å². The molecule has 2 N–H and O–H groups in total. The number of nitrogens with two attached hydrogens (primary N) is 1. The summed E-state index contributed by atoms with van der Waals surface area (Å²) in [6.07, 6.45) is -7.71. The molecule has 4 aromatic rings. The van der Waals surface area contributed by atoms with Gasteiger partial charge in [-0.2, -0.15) is 0 Å². The maximum Gasteiger partial charge on any atom is 0.338 e. The molecule has 0 aromatic heterocycles. The van der Waals surface area contributed by atoms with Crippen molar-refractivity contribution in [2.75, 3.05) is 6.61 Å². The number of ether oxygens (including phenoxy) is 6. The molecule has 0 saturated carbocycles. The first kappa shape index (κ1) is 34.0. The highest BCUT2D eigenvalue weighted by molar-refractivity contribution is 5.91. The SMILES string of the molecule is CCC(N)O[C@@H]1O[C@H](COC(=O)c2ccccc2)[C@@H](OC(=O)c2ccccc2)[C@H](OC(=O)c2ccccc2)[C@H]1OC(=O)c1ccccc1. The van der Waals surface area contributed by atoms with Crippen molar-refractivity contribution in [2.45, 2.75) is 50.3 Å². The molecular formula is C37H35NO10. The maximum atomic E-state index is 13.6. The lowest BCUT2D eigenvalue weighted by atomic mass is 9.97. The highest BCUT2D eigenvalue weighted by Crippen LogP contribution is 2.32. The molecule has 1 aliphatic rings. The zero-order valence-corrected chi connectivity index (χ0v) is 26.1. The van der Waals surface area contributed by atoms with Crippen molar-refractivity contribution in [3.63, 3.8) is 0 Å². The van der Waals surface area contributed by atoms with Gasteiger partial charge in [0.25, 0.3) is 0 Å². The first-order valence-electron chi connectivity index (χ1n) is 15.4. The fourth-order valence-electron chi connectivity index (χ4n) is 4.91. The average molecular weight is 654 g/mol. The van der Waals surface area contributed by atoms with Crippen LogP contribution < -0.4 is 5.73 Å². The number of esters is 4. The molecule has 1 heterocycles. The van der Waals surface area contributed by atoms with E-state index in [1.165, 1.54) is 12.1 Å². The Morgan fingerprint density at radius 2 is 0.958 bits per heavy atom. The Morgan fingerprint density at radius 3 is 1.38 bits per heavy atom. The second kappa shape index (κ2) is 16.5. The molecule has 11 heteroatoms. The first-order valence-corrected chi connectivity index (χ1v) is 15.4. The molecule has 1 saturated heterocycles. The lowest BCUT2D eigenvalue weighted by Gasteiger charge is -2.44. The Morgan fingerprint density at radius 1 is 0.583 bits per heavy atom. The Bertz CT molecular complexity index is 1650. The van der Waals surface area contributed by atoms with Crippen molar-refractivity contribution in [1.82, 2.24) is 0 Å². The molecule has 0 aliphatic carbocycles. The Balaban J connectivity index is 1.55. The van der Waals surface area contributed by atoms with E-state index < -0.39 is 67.4 Å². The van der Waals surface area contributed by atoms with Crippen LogP contribution >= 0.6 is 0 Å². The van der Waals surface area contributed by atoms with Gasteiger partial charge in [-0.3, -0.25) is 0 Å².